The van der Waals surface area contributed by atoms with Crippen LogP contribution in [0, 0.1) is 17.1 Å². The molecular weight excluding hydrogens is 267 g/mol. The highest BCUT2D eigenvalue weighted by Gasteiger charge is 2.43. The Morgan fingerprint density at radius 1 is 0.944 bits per heavy atom. The van der Waals surface area contributed by atoms with E-state index in [1.54, 1.807) is 0 Å². The van der Waals surface area contributed by atoms with Gasteiger partial charge in [0.2, 0.25) is 0 Å². The Balaban J connectivity index is 3.54. The van der Waals surface area contributed by atoms with Crippen LogP contribution in [0.4, 0.5) is 30.7 Å². The Morgan fingerprint density at radius 3 is 1.78 bits per heavy atom. The topological polar surface area (TPSA) is 23.8 Å². The van der Waals surface area contributed by atoms with Crippen molar-refractivity contribution in [2.24, 2.45) is 0 Å². The van der Waals surface area contributed by atoms with E-state index in [2.05, 4.69) is 0 Å². The zero-order valence-corrected chi connectivity index (χ0v) is 8.45. The molecule has 0 saturated heterocycles. The van der Waals surface area contributed by atoms with E-state index in [0.717, 1.165) is 0 Å². The van der Waals surface area contributed by atoms with Crippen LogP contribution in [0.1, 0.15) is 16.7 Å². The van der Waals surface area contributed by atoms with Gasteiger partial charge in [0.15, 0.2) is 0 Å². The minimum absolute atomic E-state index is 0.0153. The average molecular weight is 271 g/mol. The van der Waals surface area contributed by atoms with Gasteiger partial charge in [-0.3, -0.25) is 0 Å². The van der Waals surface area contributed by atoms with Gasteiger partial charge in [0.05, 0.1) is 23.6 Å². The molecule has 1 rings (SSSR count). The Labute approximate surface area is 96.4 Å². The fourth-order valence-corrected chi connectivity index (χ4v) is 1.31. The van der Waals surface area contributed by atoms with Crippen molar-refractivity contribution >= 4 is 0 Å². The summed E-state index contributed by atoms with van der Waals surface area (Å²) in [6, 6.07) is 1.15. The summed E-state index contributed by atoms with van der Waals surface area (Å²) in [6.07, 6.45) is -11.3. The number of halogens is 7. The van der Waals surface area contributed by atoms with Gasteiger partial charge in [-0.2, -0.15) is 31.6 Å². The number of nitrogens with zero attached hydrogens (tertiary/aromatic N) is 1. The van der Waals surface area contributed by atoms with E-state index >= 15 is 0 Å². The van der Waals surface area contributed by atoms with Crippen LogP contribution in [0.3, 0.4) is 0 Å². The molecule has 0 fully saturated rings. The number of hydrogen-bond acceptors (Lipinski definition) is 1. The molecule has 0 aliphatic heterocycles. The third-order valence-corrected chi connectivity index (χ3v) is 2.07. The summed E-state index contributed by atoms with van der Waals surface area (Å²) in [7, 11) is 0. The average Bonchev–Trinajstić information content (AvgIpc) is 2.17. The molecule has 0 amide bonds. The first-order chi connectivity index (χ1) is 8.07. The van der Waals surface area contributed by atoms with Crippen molar-refractivity contribution in [3.05, 3.63) is 34.6 Å². The van der Waals surface area contributed by atoms with Crippen LogP contribution in [0.5, 0.6) is 0 Å². The highest BCUT2D eigenvalue weighted by Crippen LogP contribution is 2.41. The lowest BCUT2D eigenvalue weighted by Crippen LogP contribution is -2.17. The third kappa shape index (κ3) is 2.91. The number of nitriles is 1. The quantitative estimate of drug-likeness (QED) is 0.710. The van der Waals surface area contributed by atoms with E-state index in [4.69, 9.17) is 5.26 Å². The van der Waals surface area contributed by atoms with Gasteiger partial charge in [-0.1, -0.05) is 0 Å². The zero-order chi connectivity index (χ0) is 14.1. The molecule has 0 aromatic heterocycles. The van der Waals surface area contributed by atoms with Gasteiger partial charge in [0, 0.05) is 5.56 Å². The number of rotatable bonds is 1. The molecule has 1 aromatic rings. The molecule has 0 radical (unpaired) electrons. The van der Waals surface area contributed by atoms with Crippen molar-refractivity contribution in [2.45, 2.75) is 18.8 Å². The molecule has 0 aliphatic carbocycles. The highest BCUT2D eigenvalue weighted by atomic mass is 19.4. The SMILES string of the molecule is N#CCc1cc(C(F)(F)F)c(C(F)(F)F)cc1F. The monoisotopic (exact) mass is 271 g/mol. The second kappa shape index (κ2) is 4.48. The van der Waals surface area contributed by atoms with Gasteiger partial charge in [0.1, 0.15) is 5.82 Å². The molecule has 0 unspecified atom stereocenters. The predicted molar refractivity (Wildman–Crippen MR) is 45.7 cm³/mol. The van der Waals surface area contributed by atoms with Crippen molar-refractivity contribution < 1.29 is 30.7 Å². The van der Waals surface area contributed by atoms with Crippen LogP contribution in [-0.4, -0.2) is 0 Å². The lowest BCUT2D eigenvalue weighted by atomic mass is 10.0. The first-order valence-corrected chi connectivity index (χ1v) is 4.41. The Kier molecular flexibility index (Phi) is 3.55. The number of hydrogen-bond donors (Lipinski definition) is 0. The fourth-order valence-electron chi connectivity index (χ4n) is 1.31. The lowest BCUT2D eigenvalue weighted by molar-refractivity contribution is -0.162. The van der Waals surface area contributed by atoms with E-state index in [9.17, 15) is 30.7 Å². The van der Waals surface area contributed by atoms with Crippen molar-refractivity contribution in [1.82, 2.24) is 0 Å². The summed E-state index contributed by atoms with van der Waals surface area (Å²) in [4.78, 5) is 0. The molecule has 0 spiro atoms. The van der Waals surface area contributed by atoms with Crippen LogP contribution >= 0.6 is 0 Å². The molecule has 0 atom stereocenters. The second-order valence-corrected chi connectivity index (χ2v) is 3.32. The molecule has 0 saturated carbocycles. The van der Waals surface area contributed by atoms with Gasteiger partial charge in [-0.05, 0) is 12.1 Å². The van der Waals surface area contributed by atoms with Crippen molar-refractivity contribution in [2.75, 3.05) is 0 Å². The van der Waals surface area contributed by atoms with Crippen molar-refractivity contribution in [1.29, 1.82) is 5.26 Å². The molecule has 0 bridgehead atoms. The first kappa shape index (κ1) is 14.3. The molecule has 8 heteroatoms. The first-order valence-electron chi connectivity index (χ1n) is 4.41. The molecule has 98 valence electrons. The van der Waals surface area contributed by atoms with Crippen molar-refractivity contribution in [3.63, 3.8) is 0 Å². The Bertz CT molecular complexity index is 493. The summed E-state index contributed by atoms with van der Waals surface area (Å²) in [5, 5.41) is 8.25. The summed E-state index contributed by atoms with van der Waals surface area (Å²) in [5.41, 5.74) is -4.83. The fraction of sp³-hybridized carbons (Fsp3) is 0.300. The van der Waals surface area contributed by atoms with Crippen LogP contribution < -0.4 is 0 Å². The molecule has 0 heterocycles. The largest absolute Gasteiger partial charge is 0.417 e. The standard InChI is InChI=1S/C10H4F7N/c11-8-4-7(10(15,16)17)6(9(12,13)14)3-5(8)1-2-18/h3-4H,1H2. The summed E-state index contributed by atoms with van der Waals surface area (Å²) in [5.74, 6) is -1.49. The third-order valence-electron chi connectivity index (χ3n) is 2.07. The Hall–Kier alpha value is -1.78. The van der Waals surface area contributed by atoms with E-state index in [-0.39, 0.29) is 12.1 Å². The zero-order valence-electron chi connectivity index (χ0n) is 8.45. The van der Waals surface area contributed by atoms with Crippen LogP contribution in [0.25, 0.3) is 0 Å². The summed E-state index contributed by atoms with van der Waals surface area (Å²) >= 11 is 0. The Morgan fingerprint density at radius 2 is 1.39 bits per heavy atom. The van der Waals surface area contributed by atoms with Gasteiger partial charge < -0.3 is 0 Å². The van der Waals surface area contributed by atoms with E-state index in [1.807, 2.05) is 0 Å². The number of alkyl halides is 6. The normalized spacial score (nSPS) is 12.3. The van der Waals surface area contributed by atoms with Crippen LogP contribution in [0.15, 0.2) is 12.1 Å². The van der Waals surface area contributed by atoms with E-state index in [0.29, 0.717) is 0 Å². The van der Waals surface area contributed by atoms with Gasteiger partial charge in [-0.25, -0.2) is 4.39 Å². The molecule has 0 aliphatic rings. The van der Waals surface area contributed by atoms with E-state index in [1.165, 1.54) is 6.07 Å². The van der Waals surface area contributed by atoms with E-state index < -0.39 is 41.3 Å². The smallest absolute Gasteiger partial charge is 0.207 e. The van der Waals surface area contributed by atoms with Crippen LogP contribution in [0.2, 0.25) is 0 Å². The summed E-state index contributed by atoms with van der Waals surface area (Å²) < 4.78 is 87.4. The lowest BCUT2D eigenvalue weighted by Gasteiger charge is -2.16. The van der Waals surface area contributed by atoms with Gasteiger partial charge in [0.25, 0.3) is 0 Å². The molecule has 0 N–H and O–H groups in total. The minimum Gasteiger partial charge on any atom is -0.207 e. The maximum absolute atomic E-state index is 13.1. The highest BCUT2D eigenvalue weighted by molar-refractivity contribution is 5.38. The second-order valence-electron chi connectivity index (χ2n) is 3.32. The van der Waals surface area contributed by atoms with Gasteiger partial charge in [-0.15, -0.1) is 0 Å². The minimum atomic E-state index is -5.32. The summed E-state index contributed by atoms with van der Waals surface area (Å²) in [6.45, 7) is 0. The molecule has 1 aromatic carbocycles. The maximum atomic E-state index is 13.1. The van der Waals surface area contributed by atoms with Crippen molar-refractivity contribution in [3.8, 4) is 6.07 Å². The number of benzene rings is 1. The predicted octanol–water partition coefficient (Wildman–Crippen LogP) is 3.93. The molecular formula is C10H4F7N. The maximum Gasteiger partial charge on any atom is 0.417 e. The van der Waals surface area contributed by atoms with Gasteiger partial charge >= 0.3 is 12.4 Å². The van der Waals surface area contributed by atoms with Crippen LogP contribution in [-0.2, 0) is 18.8 Å². The molecule has 1 nitrogen and oxygen atoms in total. The molecule has 18 heavy (non-hydrogen) atoms.